The summed E-state index contributed by atoms with van der Waals surface area (Å²) in [6, 6.07) is 12.4. The van der Waals surface area contributed by atoms with Gasteiger partial charge in [0.15, 0.2) is 0 Å². The average Bonchev–Trinajstić information content (AvgIpc) is 2.99. The second-order valence-corrected chi connectivity index (χ2v) is 6.78. The molecule has 0 bridgehead atoms. The van der Waals surface area contributed by atoms with Crippen LogP contribution in [-0.2, 0) is 0 Å². The fraction of sp³-hybridized carbons (Fsp3) is 0.235. The standard InChI is InChI=1S/C17H15Cl3N2O.ClH/c18-12-4-1-10(2-5-12)17(23)22-16-9-21-8-13(16)11-3-6-14(19)15(20)7-11;/h1-7,13,16,21H,8-9H2,(H,22,23);1H/t13-,16+;/m0./s1. The number of amides is 1. The smallest absolute Gasteiger partial charge is 0.251 e. The lowest BCUT2D eigenvalue weighted by Crippen LogP contribution is -2.39. The summed E-state index contributed by atoms with van der Waals surface area (Å²) >= 11 is 17.9. The Hall–Kier alpha value is -0.970. The van der Waals surface area contributed by atoms with Gasteiger partial charge in [-0.05, 0) is 42.0 Å². The Morgan fingerprint density at radius 3 is 2.38 bits per heavy atom. The third-order valence-corrected chi connectivity index (χ3v) is 5.00. The lowest BCUT2D eigenvalue weighted by molar-refractivity contribution is 0.0937. The van der Waals surface area contributed by atoms with Gasteiger partial charge >= 0.3 is 0 Å². The van der Waals surface area contributed by atoms with Gasteiger partial charge in [-0.15, -0.1) is 12.4 Å². The summed E-state index contributed by atoms with van der Waals surface area (Å²) in [5.41, 5.74) is 1.65. The molecule has 128 valence electrons. The SMILES string of the molecule is Cl.O=C(N[C@@H]1CNC[C@H]1c1ccc(Cl)c(Cl)c1)c1ccc(Cl)cc1. The van der Waals surface area contributed by atoms with Crippen molar-refractivity contribution < 1.29 is 4.79 Å². The van der Waals surface area contributed by atoms with Crippen LogP contribution in [0, 0.1) is 0 Å². The molecule has 2 aromatic rings. The molecule has 2 atom stereocenters. The summed E-state index contributed by atoms with van der Waals surface area (Å²) in [4.78, 5) is 12.4. The van der Waals surface area contributed by atoms with Gasteiger partial charge in [-0.1, -0.05) is 40.9 Å². The van der Waals surface area contributed by atoms with E-state index in [4.69, 9.17) is 34.8 Å². The predicted octanol–water partition coefficient (Wildman–Crippen LogP) is 4.55. The maximum atomic E-state index is 12.4. The molecule has 1 aliphatic rings. The molecule has 1 fully saturated rings. The summed E-state index contributed by atoms with van der Waals surface area (Å²) in [5, 5.41) is 8.05. The van der Waals surface area contributed by atoms with Crippen molar-refractivity contribution in [2.24, 2.45) is 0 Å². The van der Waals surface area contributed by atoms with Gasteiger partial charge in [0.25, 0.3) is 5.91 Å². The number of hydrogen-bond acceptors (Lipinski definition) is 2. The van der Waals surface area contributed by atoms with Crippen LogP contribution < -0.4 is 10.6 Å². The Balaban J connectivity index is 0.00000208. The molecular formula is C17H16Cl4N2O. The normalized spacial score (nSPS) is 19.6. The van der Waals surface area contributed by atoms with Crippen LogP contribution in [0.4, 0.5) is 0 Å². The zero-order valence-electron chi connectivity index (χ0n) is 12.6. The first kappa shape index (κ1) is 19.4. The molecule has 1 heterocycles. The van der Waals surface area contributed by atoms with Gasteiger partial charge in [0.1, 0.15) is 0 Å². The maximum Gasteiger partial charge on any atom is 0.251 e. The summed E-state index contributed by atoms with van der Waals surface area (Å²) in [5.74, 6) is 0.0430. The van der Waals surface area contributed by atoms with Gasteiger partial charge in [-0.25, -0.2) is 0 Å². The Kier molecular flexibility index (Phi) is 6.79. The summed E-state index contributed by atoms with van der Waals surface area (Å²) < 4.78 is 0. The third kappa shape index (κ3) is 4.35. The average molecular weight is 406 g/mol. The van der Waals surface area contributed by atoms with Crippen molar-refractivity contribution in [2.45, 2.75) is 12.0 Å². The van der Waals surface area contributed by atoms with E-state index in [9.17, 15) is 4.79 Å². The van der Waals surface area contributed by atoms with Crippen molar-refractivity contribution >= 4 is 53.1 Å². The zero-order chi connectivity index (χ0) is 16.4. The van der Waals surface area contributed by atoms with Crippen molar-refractivity contribution in [1.29, 1.82) is 0 Å². The van der Waals surface area contributed by atoms with E-state index in [1.54, 1.807) is 30.3 Å². The molecule has 1 amide bonds. The first-order valence-corrected chi connectivity index (χ1v) is 8.40. The number of halogens is 4. The van der Waals surface area contributed by atoms with E-state index in [1.807, 2.05) is 12.1 Å². The molecule has 0 aliphatic carbocycles. The van der Waals surface area contributed by atoms with Gasteiger partial charge in [0.2, 0.25) is 0 Å². The minimum Gasteiger partial charge on any atom is -0.347 e. The van der Waals surface area contributed by atoms with Gasteiger partial charge in [-0.3, -0.25) is 4.79 Å². The molecule has 24 heavy (non-hydrogen) atoms. The van der Waals surface area contributed by atoms with E-state index in [0.29, 0.717) is 27.2 Å². The Morgan fingerprint density at radius 2 is 1.71 bits per heavy atom. The minimum atomic E-state index is -0.111. The molecule has 2 N–H and O–H groups in total. The summed E-state index contributed by atoms with van der Waals surface area (Å²) in [7, 11) is 0. The molecule has 0 aromatic heterocycles. The van der Waals surface area contributed by atoms with E-state index >= 15 is 0 Å². The fourth-order valence-corrected chi connectivity index (χ4v) is 3.21. The van der Waals surface area contributed by atoms with Crippen LogP contribution in [0.15, 0.2) is 42.5 Å². The predicted molar refractivity (Wildman–Crippen MR) is 102 cm³/mol. The van der Waals surface area contributed by atoms with Crippen molar-refractivity contribution in [3.63, 3.8) is 0 Å². The number of benzene rings is 2. The van der Waals surface area contributed by atoms with E-state index in [-0.39, 0.29) is 30.3 Å². The van der Waals surface area contributed by atoms with Crippen LogP contribution >= 0.6 is 47.2 Å². The molecule has 0 saturated carbocycles. The quantitative estimate of drug-likeness (QED) is 0.786. The lowest BCUT2D eigenvalue weighted by Gasteiger charge is -2.21. The van der Waals surface area contributed by atoms with Crippen molar-refractivity contribution in [2.75, 3.05) is 13.1 Å². The van der Waals surface area contributed by atoms with E-state index in [0.717, 1.165) is 12.1 Å². The first-order valence-electron chi connectivity index (χ1n) is 7.26. The van der Waals surface area contributed by atoms with Gasteiger partial charge in [0.05, 0.1) is 10.0 Å². The molecular weight excluding hydrogens is 390 g/mol. The van der Waals surface area contributed by atoms with Gasteiger partial charge in [0, 0.05) is 35.6 Å². The van der Waals surface area contributed by atoms with Crippen LogP contribution in [0.3, 0.4) is 0 Å². The molecule has 1 saturated heterocycles. The van der Waals surface area contributed by atoms with Gasteiger partial charge < -0.3 is 10.6 Å². The number of rotatable bonds is 3. The first-order chi connectivity index (χ1) is 11.0. The highest BCUT2D eigenvalue weighted by Gasteiger charge is 2.30. The number of nitrogens with one attached hydrogen (secondary N) is 2. The highest BCUT2D eigenvalue weighted by molar-refractivity contribution is 6.42. The largest absolute Gasteiger partial charge is 0.347 e. The highest BCUT2D eigenvalue weighted by Crippen LogP contribution is 2.29. The highest BCUT2D eigenvalue weighted by atomic mass is 35.5. The van der Waals surface area contributed by atoms with Crippen molar-refractivity contribution in [3.05, 3.63) is 68.7 Å². The molecule has 0 radical (unpaired) electrons. The van der Waals surface area contributed by atoms with Crippen LogP contribution in [-0.4, -0.2) is 25.0 Å². The Bertz CT molecular complexity index is 721. The number of carbonyl (C=O) groups is 1. The van der Waals surface area contributed by atoms with Crippen LogP contribution in [0.5, 0.6) is 0 Å². The Labute approximate surface area is 162 Å². The topological polar surface area (TPSA) is 41.1 Å². The molecule has 1 aliphatic heterocycles. The second-order valence-electron chi connectivity index (χ2n) is 5.53. The second kappa shape index (κ2) is 8.41. The van der Waals surface area contributed by atoms with Gasteiger partial charge in [-0.2, -0.15) is 0 Å². The van der Waals surface area contributed by atoms with E-state index < -0.39 is 0 Å². The molecule has 7 heteroatoms. The molecule has 3 nitrogen and oxygen atoms in total. The van der Waals surface area contributed by atoms with Crippen LogP contribution in [0.2, 0.25) is 15.1 Å². The van der Waals surface area contributed by atoms with Crippen LogP contribution in [0.1, 0.15) is 21.8 Å². The molecule has 2 aromatic carbocycles. The fourth-order valence-electron chi connectivity index (χ4n) is 2.78. The minimum absolute atomic E-state index is 0. The molecule has 0 spiro atoms. The van der Waals surface area contributed by atoms with Crippen molar-refractivity contribution in [3.8, 4) is 0 Å². The third-order valence-electron chi connectivity index (χ3n) is 4.01. The van der Waals surface area contributed by atoms with E-state index in [2.05, 4.69) is 10.6 Å². The summed E-state index contributed by atoms with van der Waals surface area (Å²) in [6.45, 7) is 1.49. The van der Waals surface area contributed by atoms with Crippen LogP contribution in [0.25, 0.3) is 0 Å². The monoisotopic (exact) mass is 404 g/mol. The summed E-state index contributed by atoms with van der Waals surface area (Å²) in [6.07, 6.45) is 0. The Morgan fingerprint density at radius 1 is 1.00 bits per heavy atom. The molecule has 3 rings (SSSR count). The number of hydrogen-bond donors (Lipinski definition) is 2. The zero-order valence-corrected chi connectivity index (χ0v) is 15.6. The number of carbonyl (C=O) groups excluding carboxylic acids is 1. The molecule has 0 unspecified atom stereocenters. The maximum absolute atomic E-state index is 12.4. The lowest BCUT2D eigenvalue weighted by atomic mass is 9.94. The van der Waals surface area contributed by atoms with E-state index in [1.165, 1.54) is 0 Å². The van der Waals surface area contributed by atoms with Crippen molar-refractivity contribution in [1.82, 2.24) is 10.6 Å².